The number of aromatic amines is 1. The van der Waals surface area contributed by atoms with E-state index < -0.39 is 46.8 Å². The number of fused-ring (bicyclic) bond motifs is 1. The number of H-pyrrole nitrogens is 1. The molecule has 1 aromatic rings. The lowest BCUT2D eigenvalue weighted by molar-refractivity contribution is -0.0561. The van der Waals surface area contributed by atoms with Crippen molar-refractivity contribution in [1.29, 1.82) is 0 Å². The molecule has 2 saturated heterocycles. The van der Waals surface area contributed by atoms with Crippen molar-refractivity contribution in [2.24, 2.45) is 0 Å². The Bertz CT molecular complexity index is 986. The second-order valence-electron chi connectivity index (χ2n) is 10.4. The average Bonchev–Trinajstić information content (AvgIpc) is 3.04. The van der Waals surface area contributed by atoms with Crippen LogP contribution in [0, 0.1) is 0 Å². The molecule has 1 aromatic heterocycles. The zero-order valence-electron chi connectivity index (χ0n) is 21.5. The second-order valence-corrected chi connectivity index (χ2v) is 19.3. The van der Waals surface area contributed by atoms with Gasteiger partial charge in [0.1, 0.15) is 12.2 Å². The molecule has 11 heteroatoms. The van der Waals surface area contributed by atoms with Crippen molar-refractivity contribution in [3.63, 3.8) is 0 Å². The topological polar surface area (TPSA) is 112 Å². The van der Waals surface area contributed by atoms with Crippen molar-refractivity contribution in [3.05, 3.63) is 44.8 Å². The number of aliphatic hydroxyl groups excluding tert-OH is 1. The van der Waals surface area contributed by atoms with Crippen molar-refractivity contribution < 1.29 is 22.8 Å². The van der Waals surface area contributed by atoms with Gasteiger partial charge < -0.3 is 22.8 Å². The SMILES string of the molecule is CC(C)[Si]1(C(C)C)OCC2OC(n3ccc(=O)[nH]c3=O)C(=CCO)C2O[Si](C(C)C)(C(C)C)O1. The maximum Gasteiger partial charge on any atom is 0.335 e. The van der Waals surface area contributed by atoms with Gasteiger partial charge in [-0.15, -0.1) is 0 Å². The lowest BCUT2D eigenvalue weighted by atomic mass is 10.1. The predicted octanol–water partition coefficient (Wildman–Crippen LogP) is 3.31. The first kappa shape index (κ1) is 27.2. The van der Waals surface area contributed by atoms with Crippen LogP contribution in [0.2, 0.25) is 22.2 Å². The van der Waals surface area contributed by atoms with E-state index in [0.717, 1.165) is 0 Å². The highest BCUT2D eigenvalue weighted by molar-refractivity contribution is 6.84. The van der Waals surface area contributed by atoms with Crippen molar-refractivity contribution in [2.75, 3.05) is 13.2 Å². The molecule has 0 saturated carbocycles. The summed E-state index contributed by atoms with van der Waals surface area (Å²) in [5.74, 6) is 0. The third kappa shape index (κ3) is 4.71. The molecule has 0 spiro atoms. The molecule has 3 unspecified atom stereocenters. The van der Waals surface area contributed by atoms with Gasteiger partial charge in [0.2, 0.25) is 0 Å². The van der Waals surface area contributed by atoms with Crippen molar-refractivity contribution >= 4 is 17.1 Å². The van der Waals surface area contributed by atoms with E-state index in [1.807, 2.05) is 0 Å². The smallest absolute Gasteiger partial charge is 0.335 e. The molecule has 0 aliphatic carbocycles. The molecule has 0 radical (unpaired) electrons. The second kappa shape index (κ2) is 10.3. The summed E-state index contributed by atoms with van der Waals surface area (Å²) in [5.41, 5.74) is 0.218. The number of hydrogen-bond donors (Lipinski definition) is 2. The van der Waals surface area contributed by atoms with E-state index in [1.54, 1.807) is 6.08 Å². The van der Waals surface area contributed by atoms with Gasteiger partial charge in [-0.25, -0.2) is 4.79 Å². The Morgan fingerprint density at radius 2 is 1.65 bits per heavy atom. The predicted molar refractivity (Wildman–Crippen MR) is 134 cm³/mol. The first-order valence-electron chi connectivity index (χ1n) is 12.2. The Morgan fingerprint density at radius 1 is 1.06 bits per heavy atom. The molecule has 2 aliphatic rings. The van der Waals surface area contributed by atoms with Crippen molar-refractivity contribution in [2.45, 2.75) is 96.0 Å². The van der Waals surface area contributed by atoms with Crippen LogP contribution in [-0.2, 0) is 17.7 Å². The fourth-order valence-corrected chi connectivity index (χ4v) is 16.4. The summed E-state index contributed by atoms with van der Waals surface area (Å²) in [7, 11) is -5.63. The number of ether oxygens (including phenoxy) is 1. The molecule has 192 valence electrons. The Hall–Kier alpha value is -1.35. The van der Waals surface area contributed by atoms with Crippen LogP contribution < -0.4 is 11.2 Å². The lowest BCUT2D eigenvalue weighted by Gasteiger charge is -2.51. The van der Waals surface area contributed by atoms with Gasteiger partial charge in [0, 0.05) is 17.8 Å². The molecule has 34 heavy (non-hydrogen) atoms. The van der Waals surface area contributed by atoms with Gasteiger partial charge >= 0.3 is 22.8 Å². The molecule has 3 heterocycles. The Morgan fingerprint density at radius 3 is 2.15 bits per heavy atom. The van der Waals surface area contributed by atoms with Crippen LogP contribution in [0.25, 0.3) is 0 Å². The number of aliphatic hydroxyl groups is 1. The largest absolute Gasteiger partial charge is 0.414 e. The van der Waals surface area contributed by atoms with E-state index in [0.29, 0.717) is 5.57 Å². The molecule has 9 nitrogen and oxygen atoms in total. The van der Waals surface area contributed by atoms with Crippen LogP contribution in [0.3, 0.4) is 0 Å². The van der Waals surface area contributed by atoms with Gasteiger partial charge in [-0.2, -0.15) is 0 Å². The van der Waals surface area contributed by atoms with E-state index in [9.17, 15) is 14.7 Å². The highest BCUT2D eigenvalue weighted by Gasteiger charge is 2.60. The Kier molecular flexibility index (Phi) is 8.28. The third-order valence-electron chi connectivity index (χ3n) is 7.01. The van der Waals surface area contributed by atoms with Crippen LogP contribution in [0.1, 0.15) is 61.6 Å². The van der Waals surface area contributed by atoms with Gasteiger partial charge in [0.15, 0.2) is 6.23 Å². The maximum absolute atomic E-state index is 12.6. The quantitative estimate of drug-likeness (QED) is 0.444. The molecule has 3 rings (SSSR count). The minimum atomic E-state index is -2.90. The van der Waals surface area contributed by atoms with Gasteiger partial charge in [-0.05, 0) is 22.2 Å². The van der Waals surface area contributed by atoms with Crippen LogP contribution >= 0.6 is 0 Å². The summed E-state index contributed by atoms with van der Waals surface area (Å²) < 4.78 is 28.7. The Balaban J connectivity index is 2.17. The summed E-state index contributed by atoms with van der Waals surface area (Å²) in [6.07, 6.45) is 1.18. The van der Waals surface area contributed by atoms with E-state index in [2.05, 4.69) is 60.4 Å². The van der Waals surface area contributed by atoms with E-state index >= 15 is 0 Å². The molecule has 0 aromatic carbocycles. The lowest BCUT2D eigenvalue weighted by Crippen LogP contribution is -2.65. The van der Waals surface area contributed by atoms with Gasteiger partial charge in [-0.1, -0.05) is 61.5 Å². The molecule has 2 fully saturated rings. The number of rotatable bonds is 6. The van der Waals surface area contributed by atoms with Gasteiger partial charge in [0.05, 0.1) is 13.2 Å². The van der Waals surface area contributed by atoms with Crippen LogP contribution in [0.15, 0.2) is 33.5 Å². The van der Waals surface area contributed by atoms with Crippen molar-refractivity contribution in [1.82, 2.24) is 9.55 Å². The minimum absolute atomic E-state index is 0.129. The van der Waals surface area contributed by atoms with E-state index in [-0.39, 0.29) is 35.4 Å². The fourth-order valence-electron chi connectivity index (χ4n) is 5.23. The molecule has 3 atom stereocenters. The highest BCUT2D eigenvalue weighted by Crippen LogP contribution is 2.49. The zero-order valence-corrected chi connectivity index (χ0v) is 23.5. The minimum Gasteiger partial charge on any atom is -0.414 e. The summed E-state index contributed by atoms with van der Waals surface area (Å²) >= 11 is 0. The number of nitrogens with zero attached hydrogens (tertiary/aromatic N) is 1. The maximum atomic E-state index is 12.6. The molecule has 2 aliphatic heterocycles. The molecule has 2 N–H and O–H groups in total. The number of aromatic nitrogens is 2. The van der Waals surface area contributed by atoms with Crippen LogP contribution in [0.5, 0.6) is 0 Å². The average molecular weight is 513 g/mol. The molecule has 0 amide bonds. The zero-order chi connectivity index (χ0) is 25.4. The van der Waals surface area contributed by atoms with Crippen LogP contribution in [-0.4, -0.2) is 57.2 Å². The monoisotopic (exact) mass is 512 g/mol. The summed E-state index contributed by atoms with van der Waals surface area (Å²) in [6, 6.07) is 1.28. The standard InChI is InChI=1S/C23H40N2O7Si2/c1-14(2)33(15(3)4)29-13-19-21(31-34(32-33,16(5)6)17(7)8)18(10-12-26)22(30-19)25-11-9-20(27)24-23(25)28/h9-11,14-17,19,21-22,26H,12-13H2,1-8H3,(H,24,27,28). The van der Waals surface area contributed by atoms with Crippen molar-refractivity contribution in [3.8, 4) is 0 Å². The third-order valence-corrected chi connectivity index (χ3v) is 17.2. The summed E-state index contributed by atoms with van der Waals surface area (Å²) in [5, 5.41) is 9.82. The van der Waals surface area contributed by atoms with Gasteiger partial charge in [-0.3, -0.25) is 14.3 Å². The Labute approximate surface area is 203 Å². The summed E-state index contributed by atoms with van der Waals surface area (Å²) in [6.45, 7) is 17.2. The normalized spacial score (nSPS) is 28.0. The van der Waals surface area contributed by atoms with E-state index in [4.69, 9.17) is 17.7 Å². The van der Waals surface area contributed by atoms with E-state index in [1.165, 1.54) is 16.8 Å². The van der Waals surface area contributed by atoms with Crippen LogP contribution in [0.4, 0.5) is 0 Å². The van der Waals surface area contributed by atoms with Gasteiger partial charge in [0.25, 0.3) is 5.56 Å². The molecular weight excluding hydrogens is 472 g/mol. The first-order valence-corrected chi connectivity index (χ1v) is 16.1. The molecular formula is C23H40N2O7Si2. The molecule has 0 bridgehead atoms. The number of hydrogen-bond acceptors (Lipinski definition) is 7. The first-order chi connectivity index (χ1) is 15.9. The highest BCUT2D eigenvalue weighted by atomic mass is 28.5. The fraction of sp³-hybridized carbons (Fsp3) is 0.739. The summed E-state index contributed by atoms with van der Waals surface area (Å²) in [4.78, 5) is 26.5. The number of nitrogens with one attached hydrogen (secondary N) is 1.